The second-order valence-electron chi connectivity index (χ2n) is 5.16. The van der Waals surface area contributed by atoms with E-state index >= 15 is 0 Å². The third-order valence-electron chi connectivity index (χ3n) is 3.14. The van der Waals surface area contributed by atoms with Crippen molar-refractivity contribution in [3.8, 4) is 0 Å². The van der Waals surface area contributed by atoms with E-state index in [-0.39, 0.29) is 5.92 Å². The molecule has 2 N–H and O–H groups in total. The molecule has 0 aliphatic carbocycles. The molecule has 22 heavy (non-hydrogen) atoms. The van der Waals surface area contributed by atoms with Gasteiger partial charge in [0.2, 0.25) is 0 Å². The van der Waals surface area contributed by atoms with Crippen molar-refractivity contribution in [1.82, 2.24) is 0 Å². The average Bonchev–Trinajstić information content (AvgIpc) is 2.49. The number of nitrogens with one attached hydrogen (secondary N) is 2. The molecule has 0 aliphatic rings. The average molecular weight is 317 g/mol. The van der Waals surface area contributed by atoms with Crippen LogP contribution in [0.2, 0.25) is 5.02 Å². The van der Waals surface area contributed by atoms with Gasteiger partial charge in [0.15, 0.2) is 0 Å². The number of rotatable bonds is 3. The van der Waals surface area contributed by atoms with Gasteiger partial charge in [0.1, 0.15) is 0 Å². The topological polar surface area (TPSA) is 58.2 Å². The first-order chi connectivity index (χ1) is 10.5. The van der Waals surface area contributed by atoms with Crippen LogP contribution in [0.5, 0.6) is 0 Å². The molecule has 0 radical (unpaired) electrons. The van der Waals surface area contributed by atoms with Gasteiger partial charge in [0.25, 0.3) is 0 Å². The molecule has 0 heterocycles. The summed E-state index contributed by atoms with van der Waals surface area (Å²) >= 11 is 5.77. The lowest BCUT2D eigenvalue weighted by atomic mass is 10.0. The predicted octanol–water partition coefficient (Wildman–Crippen LogP) is 4.04. The zero-order valence-corrected chi connectivity index (χ0v) is 13.1. The molecule has 0 unspecified atom stereocenters. The molecule has 0 saturated heterocycles. The molecule has 0 fully saturated rings. The number of carbonyl (C=O) groups is 2. The molecule has 4 nitrogen and oxygen atoms in total. The van der Waals surface area contributed by atoms with E-state index < -0.39 is 11.8 Å². The SMILES string of the molecule is CC(C)c1ccccc1NC(=O)C(=O)Nc1ccc(Cl)cc1. The van der Waals surface area contributed by atoms with Crippen molar-refractivity contribution >= 4 is 34.8 Å². The lowest BCUT2D eigenvalue weighted by Gasteiger charge is -2.13. The number of amides is 2. The van der Waals surface area contributed by atoms with E-state index in [1.165, 1.54) is 0 Å². The first-order valence-electron chi connectivity index (χ1n) is 6.94. The second kappa shape index (κ2) is 7.09. The lowest BCUT2D eigenvalue weighted by Crippen LogP contribution is -2.29. The largest absolute Gasteiger partial charge is 0.318 e. The summed E-state index contributed by atoms with van der Waals surface area (Å²) in [6, 6.07) is 14.0. The van der Waals surface area contributed by atoms with Crippen LogP contribution in [0.4, 0.5) is 11.4 Å². The van der Waals surface area contributed by atoms with Gasteiger partial charge in [0.05, 0.1) is 0 Å². The number of hydrogen-bond acceptors (Lipinski definition) is 2. The van der Waals surface area contributed by atoms with E-state index in [9.17, 15) is 9.59 Å². The van der Waals surface area contributed by atoms with Crippen molar-refractivity contribution < 1.29 is 9.59 Å². The number of para-hydroxylation sites is 1. The molecule has 114 valence electrons. The highest BCUT2D eigenvalue weighted by Crippen LogP contribution is 2.23. The highest BCUT2D eigenvalue weighted by molar-refractivity contribution is 6.43. The summed E-state index contributed by atoms with van der Waals surface area (Å²) in [6.45, 7) is 4.05. The van der Waals surface area contributed by atoms with Gasteiger partial charge in [-0.05, 0) is 41.8 Å². The molecule has 0 aromatic heterocycles. The third kappa shape index (κ3) is 4.09. The van der Waals surface area contributed by atoms with Crippen molar-refractivity contribution in [1.29, 1.82) is 0 Å². The Hall–Kier alpha value is -2.33. The summed E-state index contributed by atoms with van der Waals surface area (Å²) < 4.78 is 0. The van der Waals surface area contributed by atoms with Crippen molar-refractivity contribution in [2.45, 2.75) is 19.8 Å². The minimum atomic E-state index is -0.721. The molecule has 0 atom stereocenters. The van der Waals surface area contributed by atoms with E-state index in [0.29, 0.717) is 16.4 Å². The van der Waals surface area contributed by atoms with E-state index in [2.05, 4.69) is 10.6 Å². The van der Waals surface area contributed by atoms with Crippen molar-refractivity contribution in [3.05, 3.63) is 59.1 Å². The molecule has 0 spiro atoms. The molecule has 0 aliphatic heterocycles. The van der Waals surface area contributed by atoms with Gasteiger partial charge < -0.3 is 10.6 Å². The fraction of sp³-hybridized carbons (Fsp3) is 0.176. The van der Waals surface area contributed by atoms with Crippen LogP contribution in [-0.4, -0.2) is 11.8 Å². The molecule has 2 aromatic rings. The number of benzene rings is 2. The van der Waals surface area contributed by atoms with E-state index in [1.807, 2.05) is 32.0 Å². The summed E-state index contributed by atoms with van der Waals surface area (Å²) in [5.41, 5.74) is 2.14. The summed E-state index contributed by atoms with van der Waals surface area (Å²) in [5, 5.41) is 5.74. The first-order valence-corrected chi connectivity index (χ1v) is 7.32. The van der Waals surface area contributed by atoms with Crippen LogP contribution >= 0.6 is 11.6 Å². The Morgan fingerprint density at radius 2 is 1.50 bits per heavy atom. The van der Waals surface area contributed by atoms with Crippen LogP contribution in [0.1, 0.15) is 25.3 Å². The third-order valence-corrected chi connectivity index (χ3v) is 3.39. The Kier molecular flexibility index (Phi) is 5.17. The quantitative estimate of drug-likeness (QED) is 0.840. The zero-order chi connectivity index (χ0) is 16.1. The molecular weight excluding hydrogens is 300 g/mol. The molecule has 2 amide bonds. The Labute approximate surface area is 134 Å². The van der Waals surface area contributed by atoms with Gasteiger partial charge >= 0.3 is 11.8 Å². The van der Waals surface area contributed by atoms with Crippen molar-refractivity contribution in [3.63, 3.8) is 0 Å². The van der Waals surface area contributed by atoms with Gasteiger partial charge in [-0.25, -0.2) is 0 Å². The maximum atomic E-state index is 12.0. The van der Waals surface area contributed by atoms with Crippen molar-refractivity contribution in [2.75, 3.05) is 10.6 Å². The molecule has 0 bridgehead atoms. The molecule has 2 aromatic carbocycles. The first kappa shape index (κ1) is 16.0. The Bertz CT molecular complexity index is 681. The van der Waals surface area contributed by atoms with E-state index in [0.717, 1.165) is 5.56 Å². The maximum absolute atomic E-state index is 12.0. The van der Waals surface area contributed by atoms with E-state index in [1.54, 1.807) is 30.3 Å². The van der Waals surface area contributed by atoms with Gasteiger partial charge in [-0.3, -0.25) is 9.59 Å². The number of hydrogen-bond donors (Lipinski definition) is 2. The Morgan fingerprint density at radius 1 is 0.909 bits per heavy atom. The van der Waals surface area contributed by atoms with E-state index in [4.69, 9.17) is 11.6 Å². The Balaban J connectivity index is 2.06. The normalized spacial score (nSPS) is 10.4. The lowest BCUT2D eigenvalue weighted by molar-refractivity contribution is -0.133. The summed E-state index contributed by atoms with van der Waals surface area (Å²) in [5.74, 6) is -1.18. The van der Waals surface area contributed by atoms with Crippen LogP contribution in [0.15, 0.2) is 48.5 Å². The molecule has 5 heteroatoms. The molecule has 0 saturated carbocycles. The van der Waals surface area contributed by atoms with Crippen LogP contribution in [0.3, 0.4) is 0 Å². The van der Waals surface area contributed by atoms with Gasteiger partial charge in [0, 0.05) is 16.4 Å². The standard InChI is InChI=1S/C17H17ClN2O2/c1-11(2)14-5-3-4-6-15(14)20-17(22)16(21)19-13-9-7-12(18)8-10-13/h3-11H,1-2H3,(H,19,21)(H,20,22). The number of carbonyl (C=O) groups excluding carboxylic acids is 2. The Morgan fingerprint density at radius 3 is 2.14 bits per heavy atom. The highest BCUT2D eigenvalue weighted by atomic mass is 35.5. The van der Waals surface area contributed by atoms with Gasteiger partial charge in [-0.15, -0.1) is 0 Å². The number of halogens is 1. The fourth-order valence-electron chi connectivity index (χ4n) is 2.01. The van der Waals surface area contributed by atoms with Crippen LogP contribution in [0, 0.1) is 0 Å². The molecular formula is C17H17ClN2O2. The maximum Gasteiger partial charge on any atom is 0.314 e. The van der Waals surface area contributed by atoms with Crippen molar-refractivity contribution in [2.24, 2.45) is 0 Å². The molecule has 2 rings (SSSR count). The minimum Gasteiger partial charge on any atom is -0.318 e. The fourth-order valence-corrected chi connectivity index (χ4v) is 2.14. The zero-order valence-electron chi connectivity index (χ0n) is 12.4. The van der Waals surface area contributed by atoms with Crippen LogP contribution in [-0.2, 0) is 9.59 Å². The second-order valence-corrected chi connectivity index (χ2v) is 5.59. The van der Waals surface area contributed by atoms with Gasteiger partial charge in [-0.1, -0.05) is 43.6 Å². The summed E-state index contributed by atoms with van der Waals surface area (Å²) in [7, 11) is 0. The minimum absolute atomic E-state index is 0.246. The number of anilines is 2. The summed E-state index contributed by atoms with van der Waals surface area (Å²) in [6.07, 6.45) is 0. The smallest absolute Gasteiger partial charge is 0.314 e. The van der Waals surface area contributed by atoms with Crippen LogP contribution in [0.25, 0.3) is 0 Å². The van der Waals surface area contributed by atoms with Gasteiger partial charge in [-0.2, -0.15) is 0 Å². The summed E-state index contributed by atoms with van der Waals surface area (Å²) in [4.78, 5) is 23.9. The predicted molar refractivity (Wildman–Crippen MR) is 89.2 cm³/mol. The highest BCUT2D eigenvalue weighted by Gasteiger charge is 2.16. The van der Waals surface area contributed by atoms with Crippen LogP contribution < -0.4 is 10.6 Å². The monoisotopic (exact) mass is 316 g/mol.